The van der Waals surface area contributed by atoms with Gasteiger partial charge < -0.3 is 9.15 Å². The zero-order valence-corrected chi connectivity index (χ0v) is 13.4. The summed E-state index contributed by atoms with van der Waals surface area (Å²) in [6.07, 6.45) is 0.554. The van der Waals surface area contributed by atoms with E-state index in [9.17, 15) is 18.0 Å². The topological polar surface area (TPSA) is 90.7 Å². The van der Waals surface area contributed by atoms with Gasteiger partial charge in [0.2, 0.25) is 0 Å². The molecule has 3 rings (SSSR count). The first-order valence-corrected chi connectivity index (χ1v) is 9.10. The first kappa shape index (κ1) is 15.7. The summed E-state index contributed by atoms with van der Waals surface area (Å²) >= 11 is 0. The van der Waals surface area contributed by atoms with Crippen LogP contribution in [-0.4, -0.2) is 25.9 Å². The molecule has 0 bridgehead atoms. The van der Waals surface area contributed by atoms with Crippen molar-refractivity contribution in [1.29, 1.82) is 0 Å². The van der Waals surface area contributed by atoms with Crippen LogP contribution in [0.25, 0.3) is 11.0 Å². The highest BCUT2D eigenvalue weighted by atomic mass is 32.2. The standard InChI is InChI=1S/C16H16O6S/c1-10-6-15(17)22-14-8-12(2-3-13(10)14)21-16(18)7-11-4-5-23(19,20)9-11/h2-3,6,8,11H,4-5,7,9H2,1H3/t11-/m1/s1. The molecule has 1 fully saturated rings. The molecule has 7 heteroatoms. The highest BCUT2D eigenvalue weighted by Crippen LogP contribution is 2.25. The van der Waals surface area contributed by atoms with Gasteiger partial charge in [-0.2, -0.15) is 0 Å². The maximum Gasteiger partial charge on any atom is 0.336 e. The number of hydrogen-bond donors (Lipinski definition) is 0. The zero-order chi connectivity index (χ0) is 16.6. The second-order valence-corrected chi connectivity index (χ2v) is 8.08. The predicted octanol–water partition coefficient (Wildman–Crippen LogP) is 1.83. The number of ether oxygens (including phenoxy) is 1. The minimum absolute atomic E-state index is 0.0356. The summed E-state index contributed by atoms with van der Waals surface area (Å²) < 4.78 is 33.1. The van der Waals surface area contributed by atoms with E-state index in [0.29, 0.717) is 12.0 Å². The number of carbonyl (C=O) groups excluding carboxylic acids is 1. The quantitative estimate of drug-likeness (QED) is 0.482. The van der Waals surface area contributed by atoms with Crippen molar-refractivity contribution in [3.63, 3.8) is 0 Å². The number of rotatable bonds is 3. The molecule has 6 nitrogen and oxygen atoms in total. The van der Waals surface area contributed by atoms with Crippen molar-refractivity contribution < 1.29 is 22.4 Å². The molecule has 0 radical (unpaired) electrons. The Kier molecular flexibility index (Phi) is 3.97. The summed E-state index contributed by atoms with van der Waals surface area (Å²) in [5.74, 6) is -0.231. The molecule has 0 saturated carbocycles. The Balaban J connectivity index is 1.74. The molecule has 0 spiro atoms. The number of benzene rings is 1. The molecule has 1 aliphatic rings. The van der Waals surface area contributed by atoms with Crippen LogP contribution in [0.4, 0.5) is 0 Å². The molecule has 1 aromatic heterocycles. The van der Waals surface area contributed by atoms with Gasteiger partial charge in [-0.1, -0.05) is 0 Å². The Morgan fingerprint density at radius 3 is 2.83 bits per heavy atom. The number of sulfone groups is 1. The summed E-state index contributed by atoms with van der Waals surface area (Å²) in [5, 5.41) is 0.770. The van der Waals surface area contributed by atoms with Crippen molar-refractivity contribution in [1.82, 2.24) is 0 Å². The van der Waals surface area contributed by atoms with Crippen molar-refractivity contribution in [3.8, 4) is 5.75 Å². The summed E-state index contributed by atoms with van der Waals surface area (Å²) in [7, 11) is -3.01. The van der Waals surface area contributed by atoms with Crippen molar-refractivity contribution >= 4 is 26.8 Å². The Morgan fingerprint density at radius 1 is 1.35 bits per heavy atom. The van der Waals surface area contributed by atoms with Crippen LogP contribution in [0.2, 0.25) is 0 Å². The summed E-state index contributed by atoms with van der Waals surface area (Å²) in [6.45, 7) is 1.80. The average Bonchev–Trinajstić information content (AvgIpc) is 2.76. The highest BCUT2D eigenvalue weighted by Gasteiger charge is 2.30. The van der Waals surface area contributed by atoms with Gasteiger partial charge in [0.05, 0.1) is 11.5 Å². The fraction of sp³-hybridized carbons (Fsp3) is 0.375. The molecular formula is C16H16O6S. The van der Waals surface area contributed by atoms with E-state index in [1.54, 1.807) is 19.1 Å². The lowest BCUT2D eigenvalue weighted by Crippen LogP contribution is -2.15. The second kappa shape index (κ2) is 5.81. The monoisotopic (exact) mass is 336 g/mol. The van der Waals surface area contributed by atoms with Gasteiger partial charge in [0.15, 0.2) is 9.84 Å². The van der Waals surface area contributed by atoms with E-state index in [0.717, 1.165) is 10.9 Å². The van der Waals surface area contributed by atoms with Gasteiger partial charge in [-0.25, -0.2) is 13.2 Å². The third kappa shape index (κ3) is 3.61. The lowest BCUT2D eigenvalue weighted by molar-refractivity contribution is -0.135. The normalized spacial score (nSPS) is 19.8. The Morgan fingerprint density at radius 2 is 2.13 bits per heavy atom. The van der Waals surface area contributed by atoms with E-state index in [2.05, 4.69) is 0 Å². The van der Waals surface area contributed by atoms with Crippen LogP contribution in [0.3, 0.4) is 0 Å². The molecule has 2 heterocycles. The molecule has 0 amide bonds. The third-order valence-corrected chi connectivity index (χ3v) is 5.77. The molecule has 2 aromatic rings. The Hall–Kier alpha value is -2.15. The number of aryl methyl sites for hydroxylation is 1. The van der Waals surface area contributed by atoms with Gasteiger partial charge >= 0.3 is 11.6 Å². The van der Waals surface area contributed by atoms with Crippen molar-refractivity contribution in [2.24, 2.45) is 5.92 Å². The number of fused-ring (bicyclic) bond motifs is 1. The Labute approximate surface area is 133 Å². The second-order valence-electron chi connectivity index (χ2n) is 5.85. The van der Waals surface area contributed by atoms with Crippen LogP contribution in [0, 0.1) is 12.8 Å². The summed E-state index contributed by atoms with van der Waals surface area (Å²) in [6, 6.07) is 6.23. The minimum atomic E-state index is -3.01. The first-order valence-electron chi connectivity index (χ1n) is 7.28. The van der Waals surface area contributed by atoms with E-state index >= 15 is 0 Å². The van der Waals surface area contributed by atoms with Crippen molar-refractivity contribution in [3.05, 3.63) is 40.2 Å². The Bertz CT molecular complexity index is 925. The summed E-state index contributed by atoms with van der Waals surface area (Å²) in [5.41, 5.74) is 0.670. The van der Waals surface area contributed by atoms with Gasteiger partial charge in [-0.05, 0) is 37.0 Å². The molecule has 0 aliphatic carbocycles. The van der Waals surface area contributed by atoms with E-state index in [4.69, 9.17) is 9.15 Å². The van der Waals surface area contributed by atoms with Gasteiger partial charge in [0.1, 0.15) is 11.3 Å². The van der Waals surface area contributed by atoms with Crippen LogP contribution < -0.4 is 10.4 Å². The molecule has 1 aromatic carbocycles. The first-order chi connectivity index (χ1) is 10.8. The maximum absolute atomic E-state index is 11.9. The molecular weight excluding hydrogens is 320 g/mol. The van der Waals surface area contributed by atoms with E-state index in [-0.39, 0.29) is 29.6 Å². The van der Waals surface area contributed by atoms with Gasteiger partial charge in [-0.3, -0.25) is 4.79 Å². The minimum Gasteiger partial charge on any atom is -0.426 e. The average molecular weight is 336 g/mol. The van der Waals surface area contributed by atoms with Gasteiger partial charge in [0.25, 0.3) is 0 Å². The predicted molar refractivity (Wildman–Crippen MR) is 84.2 cm³/mol. The molecule has 122 valence electrons. The molecule has 1 aliphatic heterocycles. The zero-order valence-electron chi connectivity index (χ0n) is 12.6. The molecule has 1 saturated heterocycles. The highest BCUT2D eigenvalue weighted by molar-refractivity contribution is 7.91. The van der Waals surface area contributed by atoms with Crippen LogP contribution in [-0.2, 0) is 14.6 Å². The fourth-order valence-electron chi connectivity index (χ4n) is 2.81. The number of carbonyl (C=O) groups is 1. The van der Waals surface area contributed by atoms with Crippen LogP contribution in [0.5, 0.6) is 5.75 Å². The van der Waals surface area contributed by atoms with Crippen LogP contribution >= 0.6 is 0 Å². The maximum atomic E-state index is 11.9. The summed E-state index contributed by atoms with van der Waals surface area (Å²) in [4.78, 5) is 23.3. The van der Waals surface area contributed by atoms with Crippen LogP contribution in [0.1, 0.15) is 18.4 Å². The van der Waals surface area contributed by atoms with Gasteiger partial charge in [0, 0.05) is 23.9 Å². The van der Waals surface area contributed by atoms with Crippen molar-refractivity contribution in [2.75, 3.05) is 11.5 Å². The molecule has 0 unspecified atom stereocenters. The fourth-order valence-corrected chi connectivity index (χ4v) is 4.67. The van der Waals surface area contributed by atoms with Crippen molar-refractivity contribution in [2.45, 2.75) is 19.8 Å². The largest absolute Gasteiger partial charge is 0.426 e. The SMILES string of the molecule is Cc1cc(=O)oc2cc(OC(=O)C[C@H]3CCS(=O)(=O)C3)ccc12. The lowest BCUT2D eigenvalue weighted by Gasteiger charge is -2.08. The molecule has 1 atom stereocenters. The van der Waals surface area contributed by atoms with Gasteiger partial charge in [-0.15, -0.1) is 0 Å². The van der Waals surface area contributed by atoms with E-state index in [1.807, 2.05) is 0 Å². The smallest absolute Gasteiger partial charge is 0.336 e. The number of esters is 1. The lowest BCUT2D eigenvalue weighted by atomic mass is 10.1. The molecule has 0 N–H and O–H groups in total. The van der Waals surface area contributed by atoms with E-state index in [1.165, 1.54) is 12.1 Å². The van der Waals surface area contributed by atoms with Crippen LogP contribution in [0.15, 0.2) is 33.5 Å². The third-order valence-electron chi connectivity index (χ3n) is 3.94. The number of hydrogen-bond acceptors (Lipinski definition) is 6. The van der Waals surface area contributed by atoms with E-state index < -0.39 is 21.4 Å². The molecule has 23 heavy (non-hydrogen) atoms.